The molecule has 0 amide bonds. The van der Waals surface area contributed by atoms with Gasteiger partial charge in [0, 0.05) is 25.2 Å². The summed E-state index contributed by atoms with van der Waals surface area (Å²) in [6, 6.07) is 9.84. The third-order valence-corrected chi connectivity index (χ3v) is 8.53. The normalized spacial score (nSPS) is 33.5. The van der Waals surface area contributed by atoms with Crippen LogP contribution in [0.4, 0.5) is 0 Å². The van der Waals surface area contributed by atoms with Crippen molar-refractivity contribution < 1.29 is 0 Å². The topological polar surface area (TPSA) is 48.1 Å². The van der Waals surface area contributed by atoms with E-state index >= 15 is 0 Å². The highest BCUT2D eigenvalue weighted by Crippen LogP contribution is 2.45. The third kappa shape index (κ3) is 4.75. The van der Waals surface area contributed by atoms with Crippen LogP contribution in [0.25, 0.3) is 0 Å². The molecule has 4 bridgehead atoms. The van der Waals surface area contributed by atoms with Crippen molar-refractivity contribution in [2.75, 3.05) is 0 Å². The van der Waals surface area contributed by atoms with E-state index in [1.165, 1.54) is 62.5 Å². The van der Waals surface area contributed by atoms with E-state index in [1.54, 1.807) is 0 Å². The van der Waals surface area contributed by atoms with Crippen molar-refractivity contribution >= 4 is 34.7 Å². The minimum Gasteiger partial charge on any atom is -0.360 e. The Balaban J connectivity index is 1.04. The zero-order valence-corrected chi connectivity index (χ0v) is 19.3. The van der Waals surface area contributed by atoms with Gasteiger partial charge < -0.3 is 21.3 Å². The van der Waals surface area contributed by atoms with E-state index in [4.69, 9.17) is 24.4 Å². The first-order valence-electron chi connectivity index (χ1n) is 11.8. The Bertz CT molecular complexity index is 736. The van der Waals surface area contributed by atoms with Gasteiger partial charge in [0.05, 0.1) is 0 Å². The third-order valence-electron chi connectivity index (χ3n) is 8.01. The van der Waals surface area contributed by atoms with Crippen molar-refractivity contribution in [3.63, 3.8) is 0 Å². The molecular weight excluding hydrogens is 408 g/mol. The average Bonchev–Trinajstić information content (AvgIpc) is 3.53. The van der Waals surface area contributed by atoms with Crippen molar-refractivity contribution in [3.05, 3.63) is 35.4 Å². The number of hydrogen-bond acceptors (Lipinski definition) is 2. The van der Waals surface area contributed by atoms with Crippen molar-refractivity contribution in [3.8, 4) is 0 Å². The van der Waals surface area contributed by atoms with Crippen LogP contribution in [-0.2, 0) is 13.1 Å². The first-order valence-corrected chi connectivity index (χ1v) is 12.6. The van der Waals surface area contributed by atoms with Gasteiger partial charge in [0.15, 0.2) is 10.2 Å². The highest BCUT2D eigenvalue weighted by molar-refractivity contribution is 7.80. The smallest absolute Gasteiger partial charge is 0.166 e. The molecule has 4 N–H and O–H groups in total. The molecule has 0 heterocycles. The Morgan fingerprint density at radius 2 is 1.23 bits per heavy atom. The van der Waals surface area contributed by atoms with Crippen LogP contribution < -0.4 is 21.3 Å². The Morgan fingerprint density at radius 3 is 1.63 bits per heavy atom. The van der Waals surface area contributed by atoms with Crippen LogP contribution >= 0.6 is 24.4 Å². The molecule has 0 saturated heterocycles. The van der Waals surface area contributed by atoms with E-state index in [-0.39, 0.29) is 0 Å². The van der Waals surface area contributed by atoms with E-state index < -0.39 is 0 Å². The molecule has 0 radical (unpaired) electrons. The molecule has 6 atom stereocenters. The van der Waals surface area contributed by atoms with E-state index in [9.17, 15) is 0 Å². The second-order valence-corrected chi connectivity index (χ2v) is 10.9. The maximum atomic E-state index is 5.55. The summed E-state index contributed by atoms with van der Waals surface area (Å²) in [6.45, 7) is 1.52. The number of nitrogens with one attached hydrogen (secondary N) is 4. The lowest BCUT2D eigenvalue weighted by Gasteiger charge is -2.25. The molecule has 0 aliphatic heterocycles. The number of thiocarbonyl (C=S) groups is 2. The fraction of sp³-hybridized carbons (Fsp3) is 0.667. The van der Waals surface area contributed by atoms with E-state index in [2.05, 4.69) is 45.5 Å². The Morgan fingerprint density at radius 1 is 0.733 bits per heavy atom. The Kier molecular flexibility index (Phi) is 6.15. The predicted molar refractivity (Wildman–Crippen MR) is 130 cm³/mol. The molecule has 0 unspecified atom stereocenters. The van der Waals surface area contributed by atoms with Crippen LogP contribution in [0.5, 0.6) is 0 Å². The minimum atomic E-state index is 0.586. The largest absolute Gasteiger partial charge is 0.360 e. The number of rotatable bonds is 6. The molecule has 4 aliphatic carbocycles. The molecule has 5 rings (SSSR count). The van der Waals surface area contributed by atoms with Crippen LogP contribution in [-0.4, -0.2) is 22.3 Å². The predicted octanol–water partition coefficient (Wildman–Crippen LogP) is 3.99. The summed E-state index contributed by atoms with van der Waals surface area (Å²) in [7, 11) is 0. The lowest BCUT2D eigenvalue weighted by atomic mass is 9.95. The number of hydrogen-bond donors (Lipinski definition) is 4. The lowest BCUT2D eigenvalue weighted by Crippen LogP contribution is -2.44. The highest BCUT2D eigenvalue weighted by atomic mass is 32.1. The van der Waals surface area contributed by atoms with E-state index in [0.29, 0.717) is 12.1 Å². The fourth-order valence-corrected chi connectivity index (χ4v) is 6.94. The molecule has 4 aliphatic rings. The van der Waals surface area contributed by atoms with Gasteiger partial charge in [0.2, 0.25) is 0 Å². The molecule has 30 heavy (non-hydrogen) atoms. The molecular formula is C24H34N4S2. The van der Waals surface area contributed by atoms with Gasteiger partial charge >= 0.3 is 0 Å². The monoisotopic (exact) mass is 442 g/mol. The molecule has 4 saturated carbocycles. The van der Waals surface area contributed by atoms with Crippen molar-refractivity contribution in [2.45, 2.75) is 76.5 Å². The lowest BCUT2D eigenvalue weighted by molar-refractivity contribution is 0.389. The van der Waals surface area contributed by atoms with Crippen LogP contribution in [0, 0.1) is 23.7 Å². The number of benzene rings is 1. The average molecular weight is 443 g/mol. The van der Waals surface area contributed by atoms with Gasteiger partial charge in [-0.2, -0.15) is 0 Å². The SMILES string of the molecule is S=C(NCc1cccc(CNC(=S)N[C@@H]2C[C@@H]3CC[C@@H]2C3)c1)N[C@@H]1C[C@@H]2CC[C@@H]1C2. The molecule has 6 heteroatoms. The molecule has 4 fully saturated rings. The summed E-state index contributed by atoms with van der Waals surface area (Å²) < 4.78 is 0. The zero-order chi connectivity index (χ0) is 20.5. The van der Waals surface area contributed by atoms with Gasteiger partial charge in [0.1, 0.15) is 0 Å². The molecule has 162 valence electrons. The summed E-state index contributed by atoms with van der Waals surface area (Å²) >= 11 is 11.1. The molecule has 1 aromatic carbocycles. The Labute approximate surface area is 191 Å². The van der Waals surface area contributed by atoms with Gasteiger partial charge in [-0.1, -0.05) is 37.1 Å². The fourth-order valence-electron chi connectivity index (χ4n) is 6.50. The quantitative estimate of drug-likeness (QED) is 0.500. The molecule has 4 nitrogen and oxygen atoms in total. The van der Waals surface area contributed by atoms with Crippen molar-refractivity contribution in [1.29, 1.82) is 0 Å². The van der Waals surface area contributed by atoms with E-state index in [0.717, 1.165) is 47.0 Å². The summed E-state index contributed by atoms with van der Waals surface area (Å²) in [5.74, 6) is 3.54. The highest BCUT2D eigenvalue weighted by Gasteiger charge is 2.40. The first-order chi connectivity index (χ1) is 14.6. The maximum absolute atomic E-state index is 5.55. The summed E-state index contributed by atoms with van der Waals surface area (Å²) in [4.78, 5) is 0. The second-order valence-electron chi connectivity index (χ2n) is 10.0. The second kappa shape index (κ2) is 8.99. The molecule has 1 aromatic rings. The van der Waals surface area contributed by atoms with Crippen LogP contribution in [0.1, 0.15) is 62.5 Å². The zero-order valence-electron chi connectivity index (χ0n) is 17.7. The van der Waals surface area contributed by atoms with Crippen molar-refractivity contribution in [1.82, 2.24) is 21.3 Å². The first kappa shape index (κ1) is 20.5. The molecule has 0 spiro atoms. The summed E-state index contributed by atoms with van der Waals surface area (Å²) in [6.07, 6.45) is 11.0. The van der Waals surface area contributed by atoms with Gasteiger partial charge in [-0.15, -0.1) is 0 Å². The minimum absolute atomic E-state index is 0.586. The Hall–Kier alpha value is -1.40. The molecule has 0 aromatic heterocycles. The van der Waals surface area contributed by atoms with Gasteiger partial charge in [-0.05, 0) is 97.8 Å². The summed E-state index contributed by atoms with van der Waals surface area (Å²) in [5.41, 5.74) is 2.50. The van der Waals surface area contributed by atoms with Crippen LogP contribution in [0.15, 0.2) is 24.3 Å². The van der Waals surface area contributed by atoms with E-state index in [1.807, 2.05) is 0 Å². The van der Waals surface area contributed by atoms with Gasteiger partial charge in [-0.3, -0.25) is 0 Å². The number of fused-ring (bicyclic) bond motifs is 4. The van der Waals surface area contributed by atoms with Crippen LogP contribution in [0.2, 0.25) is 0 Å². The summed E-state index contributed by atoms with van der Waals surface area (Å²) in [5, 5.41) is 15.5. The van der Waals surface area contributed by atoms with Gasteiger partial charge in [0.25, 0.3) is 0 Å². The standard InChI is InChI=1S/C24H34N4S2/c29-23(27-21-11-15-4-6-19(21)9-15)25-13-17-2-1-3-18(8-17)14-26-24(30)28-22-12-16-5-7-20(22)10-16/h1-3,8,15-16,19-22H,4-7,9-14H2,(H2,25,27,29)(H2,26,28,30)/t15-,16-,19-,20-,21-,22-/m1/s1. The van der Waals surface area contributed by atoms with Gasteiger partial charge in [-0.25, -0.2) is 0 Å². The van der Waals surface area contributed by atoms with Crippen LogP contribution in [0.3, 0.4) is 0 Å². The van der Waals surface area contributed by atoms with Crippen molar-refractivity contribution in [2.24, 2.45) is 23.7 Å². The maximum Gasteiger partial charge on any atom is 0.166 e.